The van der Waals surface area contributed by atoms with Crippen molar-refractivity contribution in [3.05, 3.63) is 102 Å². The van der Waals surface area contributed by atoms with Crippen molar-refractivity contribution in [2.75, 3.05) is 19.6 Å². The summed E-state index contributed by atoms with van der Waals surface area (Å²) in [6, 6.07) is 9.95. The molecular formula is C48H51Cl2IN9O6S-. The third-order valence-corrected chi connectivity index (χ3v) is 18.9. The molecule has 2 amide bonds. The van der Waals surface area contributed by atoms with Crippen molar-refractivity contribution in [2.24, 2.45) is 21.7 Å². The van der Waals surface area contributed by atoms with Gasteiger partial charge in [0.15, 0.2) is 0 Å². The van der Waals surface area contributed by atoms with E-state index in [-0.39, 0.29) is 40.6 Å². The molecule has 10 rings (SSSR count). The number of carboxylic acids is 1. The first-order valence-corrected chi connectivity index (χ1v) is 26.4. The second-order valence-electron chi connectivity index (χ2n) is 19.0. The topological polar surface area (TPSA) is 178 Å². The Bertz CT molecular complexity index is 2890. The van der Waals surface area contributed by atoms with E-state index in [4.69, 9.17) is 32.9 Å². The number of aliphatic carboxylic acids is 1. The van der Waals surface area contributed by atoms with Gasteiger partial charge in [-0.15, -0.1) is 0 Å². The fraction of sp³-hybridized carbons (Fsp3) is 0.479. The van der Waals surface area contributed by atoms with Gasteiger partial charge in [0.05, 0.1) is 0 Å². The Balaban J connectivity index is 0.911. The number of thiophene rings is 1. The number of rotatable bonds is 12. The molecule has 2 saturated carbocycles. The summed E-state index contributed by atoms with van der Waals surface area (Å²) in [6.07, 6.45) is 5.46. The molecule has 4 atom stereocenters. The van der Waals surface area contributed by atoms with Crippen molar-refractivity contribution < 1.29 is 50.5 Å². The summed E-state index contributed by atoms with van der Waals surface area (Å²) in [7, 11) is 0. The number of benzene rings is 2. The molecule has 3 fully saturated rings. The number of ether oxygens (including phenoxy) is 1. The van der Waals surface area contributed by atoms with Gasteiger partial charge in [-0.2, -0.15) is 0 Å². The van der Waals surface area contributed by atoms with E-state index in [9.17, 15) is 24.3 Å². The van der Waals surface area contributed by atoms with Crippen LogP contribution in [0.4, 0.5) is 0 Å². The molecule has 0 bridgehead atoms. The number of halogens is 3. The number of fused-ring (bicyclic) bond motifs is 4. The van der Waals surface area contributed by atoms with Crippen LogP contribution in [0.3, 0.4) is 0 Å². The van der Waals surface area contributed by atoms with Gasteiger partial charge in [-0.3, -0.25) is 4.79 Å². The predicted octanol–water partition coefficient (Wildman–Crippen LogP) is 5.12. The zero-order valence-electron chi connectivity index (χ0n) is 37.9. The Morgan fingerprint density at radius 1 is 1.00 bits per heavy atom. The number of aromatic nitrogens is 6. The first-order chi connectivity index (χ1) is 32.1. The minimum absolute atomic E-state index is 0.00373. The maximum absolute atomic E-state index is 14.8. The Hall–Kier alpha value is -4.72. The fourth-order valence-electron chi connectivity index (χ4n) is 10.5. The van der Waals surface area contributed by atoms with Crippen molar-refractivity contribution in [3.8, 4) is 10.8 Å². The van der Waals surface area contributed by atoms with Crippen molar-refractivity contribution in [3.63, 3.8) is 0 Å². The van der Waals surface area contributed by atoms with Crippen LogP contribution < -0.4 is 26.2 Å². The Kier molecular flexibility index (Phi) is 12.1. The van der Waals surface area contributed by atoms with E-state index >= 15 is 0 Å². The van der Waals surface area contributed by atoms with Crippen LogP contribution in [-0.2, 0) is 32.2 Å². The van der Waals surface area contributed by atoms with Crippen LogP contribution in [0.1, 0.15) is 126 Å². The molecule has 3 aromatic heterocycles. The number of amides is 2. The summed E-state index contributed by atoms with van der Waals surface area (Å²) in [5.74, 6) is -0.00399. The third-order valence-electron chi connectivity index (χ3n) is 14.8. The Labute approximate surface area is 412 Å². The zero-order chi connectivity index (χ0) is 47.1. The number of aryl methyl sites for hydroxylation is 2. The molecule has 15 nitrogen and oxygen atoms in total. The zero-order valence-corrected chi connectivity index (χ0v) is 42.4. The van der Waals surface area contributed by atoms with Gasteiger partial charge in [-0.05, 0) is 26.2 Å². The second-order valence-corrected chi connectivity index (χ2v) is 23.7. The normalized spacial score (nSPS) is 22.9. The summed E-state index contributed by atoms with van der Waals surface area (Å²) in [4.78, 5) is 65.3. The molecule has 5 aromatic rings. The van der Waals surface area contributed by atoms with Crippen molar-refractivity contribution >= 4 is 61.8 Å². The molecular weight excluding hydrogens is 1030 g/mol. The van der Waals surface area contributed by atoms with Crippen LogP contribution in [-0.4, -0.2) is 89.8 Å². The van der Waals surface area contributed by atoms with E-state index in [0.29, 0.717) is 77.6 Å². The number of hydrogen-bond donors (Lipinski definition) is 1. The summed E-state index contributed by atoms with van der Waals surface area (Å²) < 4.78 is 10.3. The van der Waals surface area contributed by atoms with Crippen molar-refractivity contribution in [1.82, 2.24) is 37.8 Å². The van der Waals surface area contributed by atoms with Gasteiger partial charge in [-0.1, -0.05) is 12.8 Å². The summed E-state index contributed by atoms with van der Waals surface area (Å²) >= 11 is 13.5. The van der Waals surface area contributed by atoms with E-state index in [1.165, 1.54) is 0 Å². The molecule has 2 aromatic carbocycles. The number of carboxylic acid groups (broad SMARTS) is 1. The molecule has 5 aliphatic rings. The van der Waals surface area contributed by atoms with Crippen LogP contribution >= 0.6 is 34.5 Å². The molecule has 1 N–H and O–H groups in total. The molecule has 1 saturated heterocycles. The molecule has 0 unspecified atom stereocenters. The average Bonchev–Trinajstić information content (AvgIpc) is 3.50. The standard InChI is InChI=1S/C48H51Cl2IN9O6S/c1-25-27(3)67-45-40(25)42(29-9-11-30(49)12-10-29)52-34(43-55-53-28(4)59(43)45)20-38(61)51-60-26(2)35(54-56-60)23-66-37-14-13-33(50)31-15-19-58(44(63)32-8-6-7-16-47(32,5)46(64)65)36(41(31)37)22-57-24-48(17-18-48)21-39(57)62/h9-14,32,34,36H,6-8,15-24H2,1-5H3,(H,64,65)/q-1/t32-,34-,36+,47-/m0/s1. The SMILES string of the molecule is Cc1sc2c(c1C)C(c1ccc(Cl)cc1)=N[C@@H](CC(=O)[I-]n1nnc(COc3ccc(Cl)c4c3[C@@H](CN3CC5(CC5)CC3=O)N(C(=O)[C@@H]3CCCC[C@]3(C)C(=O)O)CC4)c1C)c1nnc(C)n1-2. The fourth-order valence-corrected chi connectivity index (χ4v) is 14.1. The van der Waals surface area contributed by atoms with Crippen molar-refractivity contribution in [1.29, 1.82) is 0 Å². The van der Waals surface area contributed by atoms with E-state index in [2.05, 4.69) is 34.4 Å². The number of carbonyl (C=O) groups excluding carboxylic acids is 3. The number of hydrogen-bond acceptors (Lipinski definition) is 11. The van der Waals surface area contributed by atoms with Crippen LogP contribution in [0.5, 0.6) is 5.75 Å². The van der Waals surface area contributed by atoms with E-state index in [1.807, 2.05) is 47.6 Å². The minimum atomic E-state index is -1.36. The number of nitrogens with zero attached hydrogens (tertiary/aromatic N) is 9. The van der Waals surface area contributed by atoms with Crippen LogP contribution in [0.2, 0.25) is 10.0 Å². The summed E-state index contributed by atoms with van der Waals surface area (Å²) in [5.41, 5.74) is 5.37. The first kappa shape index (κ1) is 46.0. The van der Waals surface area contributed by atoms with Gasteiger partial charge in [0, 0.05) is 0 Å². The van der Waals surface area contributed by atoms with Gasteiger partial charge in [-0.25, -0.2) is 0 Å². The van der Waals surface area contributed by atoms with Crippen molar-refractivity contribution in [2.45, 2.75) is 111 Å². The molecule has 352 valence electrons. The number of likely N-dealkylation sites (tertiary alicyclic amines) is 1. The van der Waals surface area contributed by atoms with Gasteiger partial charge >= 0.3 is 367 Å². The molecule has 0 radical (unpaired) electrons. The molecule has 1 spiro atoms. The second kappa shape index (κ2) is 17.7. The monoisotopic (exact) mass is 1080 g/mol. The predicted molar refractivity (Wildman–Crippen MR) is 248 cm³/mol. The van der Waals surface area contributed by atoms with E-state index < -0.39 is 50.9 Å². The molecule has 3 aliphatic heterocycles. The first-order valence-electron chi connectivity index (χ1n) is 22.8. The van der Waals surface area contributed by atoms with Crippen LogP contribution in [0.25, 0.3) is 5.00 Å². The summed E-state index contributed by atoms with van der Waals surface area (Å²) in [6.45, 7) is 10.9. The van der Waals surface area contributed by atoms with Crippen LogP contribution in [0.15, 0.2) is 41.4 Å². The molecule has 2 aliphatic carbocycles. The van der Waals surface area contributed by atoms with Gasteiger partial charge in [0.1, 0.15) is 0 Å². The summed E-state index contributed by atoms with van der Waals surface area (Å²) in [5, 5.41) is 30.5. The van der Waals surface area contributed by atoms with E-state index in [1.54, 1.807) is 38.2 Å². The van der Waals surface area contributed by atoms with Gasteiger partial charge < -0.3 is 5.11 Å². The van der Waals surface area contributed by atoms with Crippen LogP contribution in [0, 0.1) is 44.4 Å². The third kappa shape index (κ3) is 8.28. The van der Waals surface area contributed by atoms with Gasteiger partial charge in [0.25, 0.3) is 0 Å². The number of aliphatic imine (C=N–C) groups is 1. The maximum atomic E-state index is 14.8. The van der Waals surface area contributed by atoms with E-state index in [0.717, 1.165) is 69.1 Å². The molecule has 6 heterocycles. The number of carbonyl (C=O) groups is 4. The molecule has 19 heteroatoms. The molecule has 67 heavy (non-hydrogen) atoms. The Morgan fingerprint density at radius 2 is 1.78 bits per heavy atom. The van der Waals surface area contributed by atoms with Gasteiger partial charge in [0.2, 0.25) is 0 Å². The average molecular weight is 1080 g/mol. The Morgan fingerprint density at radius 3 is 2.51 bits per heavy atom. The quantitative estimate of drug-likeness (QED) is 0.130.